The van der Waals surface area contributed by atoms with Crippen LogP contribution in [-0.4, -0.2) is 30.8 Å². The lowest BCUT2D eigenvalue weighted by atomic mass is 10.2. The second-order valence-electron chi connectivity index (χ2n) is 3.92. The minimum Gasteiger partial charge on any atom is -0.486 e. The van der Waals surface area contributed by atoms with Gasteiger partial charge in [-0.2, -0.15) is 0 Å². The number of carboxylic acids is 1. The monoisotopic (exact) mass is 271 g/mol. The van der Waals surface area contributed by atoms with Crippen molar-refractivity contribution in [3.05, 3.63) is 22.7 Å². The number of nitrogens with one attached hydrogen (secondary N) is 1. The van der Waals surface area contributed by atoms with Crippen LogP contribution < -0.4 is 14.8 Å². The maximum atomic E-state index is 10.4. The van der Waals surface area contributed by atoms with E-state index in [2.05, 4.69) is 5.32 Å². The van der Waals surface area contributed by atoms with E-state index in [0.717, 1.165) is 5.56 Å². The molecule has 0 spiro atoms. The molecule has 1 aromatic carbocycles. The first kappa shape index (κ1) is 13.0. The summed E-state index contributed by atoms with van der Waals surface area (Å²) in [4.78, 5) is 10.4. The van der Waals surface area contributed by atoms with Crippen LogP contribution in [0.15, 0.2) is 12.1 Å². The minimum atomic E-state index is -0.817. The Labute approximate surface area is 110 Å². The van der Waals surface area contributed by atoms with E-state index < -0.39 is 5.97 Å². The molecule has 1 heterocycles. The summed E-state index contributed by atoms with van der Waals surface area (Å²) >= 11 is 6.08. The van der Waals surface area contributed by atoms with Gasteiger partial charge < -0.3 is 19.9 Å². The third-order valence-corrected chi connectivity index (χ3v) is 2.78. The van der Waals surface area contributed by atoms with E-state index in [1.165, 1.54) is 0 Å². The van der Waals surface area contributed by atoms with Crippen molar-refractivity contribution in [3.8, 4) is 11.5 Å². The zero-order valence-corrected chi connectivity index (χ0v) is 10.5. The first-order valence-corrected chi connectivity index (χ1v) is 6.05. The third-order valence-electron chi connectivity index (χ3n) is 2.50. The van der Waals surface area contributed by atoms with E-state index >= 15 is 0 Å². The van der Waals surface area contributed by atoms with Gasteiger partial charge in [0.15, 0.2) is 11.5 Å². The van der Waals surface area contributed by atoms with Crippen LogP contribution in [0.3, 0.4) is 0 Å². The Bertz CT molecular complexity index is 450. The molecule has 6 heteroatoms. The molecule has 0 unspecified atom stereocenters. The van der Waals surface area contributed by atoms with E-state index in [9.17, 15) is 4.79 Å². The van der Waals surface area contributed by atoms with Gasteiger partial charge >= 0.3 is 5.97 Å². The number of hydrogen-bond acceptors (Lipinski definition) is 4. The standard InChI is InChI=1S/C12H14ClNO4/c13-9-5-8(7-14-2-1-11(15)16)6-10-12(9)18-4-3-17-10/h5-6,14H,1-4,7H2,(H,15,16). The van der Waals surface area contributed by atoms with Gasteiger partial charge in [-0.3, -0.25) is 4.79 Å². The molecule has 0 aliphatic carbocycles. The highest BCUT2D eigenvalue weighted by Crippen LogP contribution is 2.38. The van der Waals surface area contributed by atoms with Crippen molar-refractivity contribution in [1.29, 1.82) is 0 Å². The summed E-state index contributed by atoms with van der Waals surface area (Å²) in [7, 11) is 0. The van der Waals surface area contributed by atoms with Gasteiger partial charge in [0.05, 0.1) is 11.4 Å². The maximum Gasteiger partial charge on any atom is 0.304 e. The number of ether oxygens (including phenoxy) is 2. The van der Waals surface area contributed by atoms with E-state index in [4.69, 9.17) is 26.2 Å². The predicted octanol–water partition coefficient (Wildman–Crippen LogP) is 1.68. The summed E-state index contributed by atoms with van der Waals surface area (Å²) in [6.07, 6.45) is 0.0955. The average molecular weight is 272 g/mol. The molecular formula is C12H14ClNO4. The Hall–Kier alpha value is -1.46. The molecule has 0 aromatic heterocycles. The Morgan fingerprint density at radius 2 is 2.17 bits per heavy atom. The Morgan fingerprint density at radius 3 is 2.94 bits per heavy atom. The smallest absolute Gasteiger partial charge is 0.304 e. The van der Waals surface area contributed by atoms with Gasteiger partial charge in [0.1, 0.15) is 13.2 Å². The van der Waals surface area contributed by atoms with Crippen molar-refractivity contribution in [2.45, 2.75) is 13.0 Å². The molecule has 0 amide bonds. The second-order valence-corrected chi connectivity index (χ2v) is 4.33. The van der Waals surface area contributed by atoms with Crippen molar-refractivity contribution in [2.75, 3.05) is 19.8 Å². The Balaban J connectivity index is 1.97. The molecule has 5 nitrogen and oxygen atoms in total. The van der Waals surface area contributed by atoms with E-state index in [1.807, 2.05) is 6.07 Å². The number of fused-ring (bicyclic) bond motifs is 1. The highest BCUT2D eigenvalue weighted by Gasteiger charge is 2.16. The van der Waals surface area contributed by atoms with Crippen LogP contribution in [0.5, 0.6) is 11.5 Å². The summed E-state index contributed by atoms with van der Waals surface area (Å²) in [6.45, 7) is 1.98. The van der Waals surface area contributed by atoms with Crippen molar-refractivity contribution < 1.29 is 19.4 Å². The maximum absolute atomic E-state index is 10.4. The van der Waals surface area contributed by atoms with Crippen LogP contribution in [0, 0.1) is 0 Å². The molecule has 0 saturated carbocycles. The molecule has 18 heavy (non-hydrogen) atoms. The van der Waals surface area contributed by atoms with Crippen LogP contribution >= 0.6 is 11.6 Å². The van der Waals surface area contributed by atoms with E-state index in [1.54, 1.807) is 6.07 Å². The van der Waals surface area contributed by atoms with Gasteiger partial charge in [-0.1, -0.05) is 11.6 Å². The number of halogens is 1. The van der Waals surface area contributed by atoms with E-state index in [-0.39, 0.29) is 6.42 Å². The number of benzene rings is 1. The molecule has 2 rings (SSSR count). The highest BCUT2D eigenvalue weighted by molar-refractivity contribution is 6.32. The van der Waals surface area contributed by atoms with Gasteiger partial charge in [-0.25, -0.2) is 0 Å². The summed E-state index contributed by atoms with van der Waals surface area (Å²) < 4.78 is 10.9. The molecular weight excluding hydrogens is 258 g/mol. The number of carbonyl (C=O) groups is 1. The van der Waals surface area contributed by atoms with Crippen molar-refractivity contribution >= 4 is 17.6 Å². The number of aliphatic carboxylic acids is 1. The fraction of sp³-hybridized carbons (Fsp3) is 0.417. The third kappa shape index (κ3) is 3.27. The Kier molecular flexibility index (Phi) is 4.28. The molecule has 98 valence electrons. The SMILES string of the molecule is O=C(O)CCNCc1cc(Cl)c2c(c1)OCCO2. The first-order valence-electron chi connectivity index (χ1n) is 5.67. The van der Waals surface area contributed by atoms with Gasteiger partial charge in [0.2, 0.25) is 0 Å². The number of rotatable bonds is 5. The summed E-state index contributed by atoms with van der Waals surface area (Å²) in [5.74, 6) is 0.406. The topological polar surface area (TPSA) is 67.8 Å². The van der Waals surface area contributed by atoms with Gasteiger partial charge in [0.25, 0.3) is 0 Å². The predicted molar refractivity (Wildman–Crippen MR) is 66.4 cm³/mol. The summed E-state index contributed by atoms with van der Waals surface area (Å²) in [6, 6.07) is 3.65. The first-order chi connectivity index (χ1) is 8.66. The summed E-state index contributed by atoms with van der Waals surface area (Å²) in [5, 5.41) is 12.1. The fourth-order valence-corrected chi connectivity index (χ4v) is 1.98. The van der Waals surface area contributed by atoms with Gasteiger partial charge in [-0.15, -0.1) is 0 Å². The van der Waals surface area contributed by atoms with Gasteiger partial charge in [-0.05, 0) is 17.7 Å². The molecule has 0 saturated heterocycles. The molecule has 0 bridgehead atoms. The number of hydrogen-bond donors (Lipinski definition) is 2. The average Bonchev–Trinajstić information content (AvgIpc) is 2.35. The van der Waals surface area contributed by atoms with E-state index in [0.29, 0.717) is 42.8 Å². The lowest BCUT2D eigenvalue weighted by Gasteiger charge is -2.20. The minimum absolute atomic E-state index is 0.0955. The number of carboxylic acid groups (broad SMARTS) is 1. The lowest BCUT2D eigenvalue weighted by Crippen LogP contribution is -2.19. The molecule has 1 aromatic rings. The van der Waals surface area contributed by atoms with Crippen LogP contribution in [0.2, 0.25) is 5.02 Å². The lowest BCUT2D eigenvalue weighted by molar-refractivity contribution is -0.136. The second kappa shape index (κ2) is 5.93. The van der Waals surface area contributed by atoms with Crippen molar-refractivity contribution in [3.63, 3.8) is 0 Å². The summed E-state index contributed by atoms with van der Waals surface area (Å²) in [5.41, 5.74) is 0.939. The Morgan fingerprint density at radius 1 is 1.39 bits per heavy atom. The van der Waals surface area contributed by atoms with Crippen LogP contribution in [0.4, 0.5) is 0 Å². The molecule has 0 atom stereocenters. The van der Waals surface area contributed by atoms with Crippen molar-refractivity contribution in [1.82, 2.24) is 5.32 Å². The molecule has 2 N–H and O–H groups in total. The zero-order valence-electron chi connectivity index (χ0n) is 9.74. The van der Waals surface area contributed by atoms with Gasteiger partial charge in [0, 0.05) is 13.1 Å². The molecule has 1 aliphatic heterocycles. The molecule has 1 aliphatic rings. The fourth-order valence-electron chi connectivity index (χ4n) is 1.69. The van der Waals surface area contributed by atoms with Crippen molar-refractivity contribution in [2.24, 2.45) is 0 Å². The largest absolute Gasteiger partial charge is 0.486 e. The highest BCUT2D eigenvalue weighted by atomic mass is 35.5. The van der Waals surface area contributed by atoms with Crippen LogP contribution in [0.25, 0.3) is 0 Å². The van der Waals surface area contributed by atoms with Crippen LogP contribution in [-0.2, 0) is 11.3 Å². The molecule has 0 fully saturated rings. The normalized spacial score (nSPS) is 13.4. The zero-order chi connectivity index (χ0) is 13.0. The molecule has 0 radical (unpaired) electrons. The van der Waals surface area contributed by atoms with Crippen LogP contribution in [0.1, 0.15) is 12.0 Å². The quantitative estimate of drug-likeness (QED) is 0.798.